The first-order chi connectivity index (χ1) is 9.83. The van der Waals surface area contributed by atoms with Crippen LogP contribution in [0.5, 0.6) is 5.75 Å². The fourth-order valence-electron chi connectivity index (χ4n) is 1.73. The van der Waals surface area contributed by atoms with Gasteiger partial charge in [-0.05, 0) is 36.1 Å². The summed E-state index contributed by atoms with van der Waals surface area (Å²) >= 11 is 1.68. The number of rotatable bonds is 4. The first-order valence-corrected chi connectivity index (χ1v) is 7.50. The van der Waals surface area contributed by atoms with E-state index in [2.05, 4.69) is 11.8 Å². The van der Waals surface area contributed by atoms with Crippen LogP contribution in [0.3, 0.4) is 0 Å². The number of ether oxygens (including phenoxy) is 1. The van der Waals surface area contributed by atoms with Crippen LogP contribution in [0.4, 0.5) is 0 Å². The normalized spacial score (nSPS) is 9.70. The Balaban J connectivity index is 2.00. The fourth-order valence-corrected chi connectivity index (χ4v) is 2.27. The molecule has 0 aliphatic rings. The summed E-state index contributed by atoms with van der Waals surface area (Å²) < 4.78 is 5.84. The third-order valence-corrected chi connectivity index (χ3v) is 3.51. The van der Waals surface area contributed by atoms with Crippen LogP contribution in [0.15, 0.2) is 53.4 Å². The number of para-hydroxylation sites is 1. The zero-order chi connectivity index (χ0) is 14.2. The molecule has 0 fully saturated rings. The summed E-state index contributed by atoms with van der Waals surface area (Å²) in [5, 5.41) is 8.65. The minimum Gasteiger partial charge on any atom is -0.488 e. The van der Waals surface area contributed by atoms with E-state index in [-0.39, 0.29) is 6.61 Å². The van der Waals surface area contributed by atoms with E-state index in [0.717, 1.165) is 21.8 Å². The van der Waals surface area contributed by atoms with Gasteiger partial charge in [-0.2, -0.15) is 0 Å². The Hall–Kier alpha value is -1.89. The molecule has 0 bridgehead atoms. The molecule has 0 heterocycles. The van der Waals surface area contributed by atoms with E-state index in [4.69, 9.17) is 9.84 Å². The van der Waals surface area contributed by atoms with Crippen molar-refractivity contribution in [3.05, 3.63) is 59.7 Å². The van der Waals surface area contributed by atoms with Gasteiger partial charge in [0.2, 0.25) is 0 Å². The quantitative estimate of drug-likeness (QED) is 0.690. The minimum absolute atomic E-state index is 0.115. The van der Waals surface area contributed by atoms with E-state index in [0.29, 0.717) is 6.61 Å². The molecule has 0 saturated heterocycles. The molecular weight excluding hydrogens is 268 g/mol. The molecule has 0 spiro atoms. The van der Waals surface area contributed by atoms with E-state index >= 15 is 0 Å². The molecule has 0 aliphatic carbocycles. The summed E-state index contributed by atoms with van der Waals surface area (Å²) in [6.07, 6.45) is 2.04. The van der Waals surface area contributed by atoms with Crippen molar-refractivity contribution in [2.24, 2.45) is 0 Å². The van der Waals surface area contributed by atoms with Gasteiger partial charge in [-0.1, -0.05) is 36.1 Å². The van der Waals surface area contributed by atoms with E-state index in [1.807, 2.05) is 54.8 Å². The van der Waals surface area contributed by atoms with E-state index in [9.17, 15) is 0 Å². The zero-order valence-corrected chi connectivity index (χ0v) is 12.1. The van der Waals surface area contributed by atoms with Crippen molar-refractivity contribution in [1.29, 1.82) is 0 Å². The summed E-state index contributed by atoms with van der Waals surface area (Å²) in [6.45, 7) is 0.418. The van der Waals surface area contributed by atoms with Gasteiger partial charge in [0.1, 0.15) is 19.0 Å². The summed E-state index contributed by atoms with van der Waals surface area (Å²) in [6, 6.07) is 15.9. The second kappa shape index (κ2) is 7.64. The SMILES string of the molecule is CSc1ccccc1OCc1ccc(C#CCO)cc1. The maximum Gasteiger partial charge on any atom is 0.133 e. The Morgan fingerprint density at radius 1 is 1.10 bits per heavy atom. The average Bonchev–Trinajstić information content (AvgIpc) is 2.52. The summed E-state index contributed by atoms with van der Waals surface area (Å²) in [5.74, 6) is 6.40. The second-order valence-electron chi connectivity index (χ2n) is 4.10. The Labute approximate surface area is 123 Å². The molecule has 2 nitrogen and oxygen atoms in total. The standard InChI is InChI=1S/C17H16O2S/c1-20-17-7-3-2-6-16(17)19-13-15-10-8-14(9-11-15)5-4-12-18/h2-3,6-11,18H,12-13H2,1H3. The predicted molar refractivity (Wildman–Crippen MR) is 83.0 cm³/mol. The number of hydrogen-bond acceptors (Lipinski definition) is 3. The van der Waals surface area contributed by atoms with Crippen LogP contribution in [-0.2, 0) is 6.61 Å². The van der Waals surface area contributed by atoms with E-state index in [1.54, 1.807) is 11.8 Å². The van der Waals surface area contributed by atoms with E-state index < -0.39 is 0 Å². The molecule has 2 aromatic carbocycles. The van der Waals surface area contributed by atoms with Crippen molar-refractivity contribution < 1.29 is 9.84 Å². The lowest BCUT2D eigenvalue weighted by atomic mass is 10.1. The third-order valence-electron chi connectivity index (χ3n) is 2.73. The Bertz CT molecular complexity index is 609. The lowest BCUT2D eigenvalue weighted by Gasteiger charge is -2.09. The Kier molecular flexibility index (Phi) is 5.55. The highest BCUT2D eigenvalue weighted by molar-refractivity contribution is 7.98. The van der Waals surface area contributed by atoms with Crippen LogP contribution in [0.2, 0.25) is 0 Å². The Morgan fingerprint density at radius 3 is 2.55 bits per heavy atom. The molecular formula is C17H16O2S. The number of benzene rings is 2. The lowest BCUT2D eigenvalue weighted by molar-refractivity contribution is 0.299. The van der Waals surface area contributed by atoms with Crippen molar-refractivity contribution in [3.63, 3.8) is 0 Å². The average molecular weight is 284 g/mol. The van der Waals surface area contributed by atoms with Gasteiger partial charge in [0.05, 0.1) is 0 Å². The smallest absolute Gasteiger partial charge is 0.133 e. The molecule has 0 atom stereocenters. The highest BCUT2D eigenvalue weighted by atomic mass is 32.2. The highest BCUT2D eigenvalue weighted by Crippen LogP contribution is 2.27. The fraction of sp³-hybridized carbons (Fsp3) is 0.176. The van der Waals surface area contributed by atoms with Crippen LogP contribution in [-0.4, -0.2) is 18.0 Å². The first kappa shape index (κ1) is 14.5. The first-order valence-electron chi connectivity index (χ1n) is 6.28. The molecule has 0 radical (unpaired) electrons. The van der Waals surface area contributed by atoms with Crippen molar-refractivity contribution >= 4 is 11.8 Å². The van der Waals surface area contributed by atoms with Crippen molar-refractivity contribution in [1.82, 2.24) is 0 Å². The monoisotopic (exact) mass is 284 g/mol. The van der Waals surface area contributed by atoms with Gasteiger partial charge in [0.25, 0.3) is 0 Å². The predicted octanol–water partition coefficient (Wildman–Crippen LogP) is 3.33. The molecule has 0 saturated carbocycles. The highest BCUT2D eigenvalue weighted by Gasteiger charge is 2.01. The molecule has 2 aromatic rings. The van der Waals surface area contributed by atoms with Gasteiger partial charge in [-0.25, -0.2) is 0 Å². The number of aliphatic hydroxyl groups excluding tert-OH is 1. The summed E-state index contributed by atoms with van der Waals surface area (Å²) in [4.78, 5) is 1.14. The largest absolute Gasteiger partial charge is 0.488 e. The van der Waals surface area contributed by atoms with Crippen LogP contribution >= 0.6 is 11.8 Å². The van der Waals surface area contributed by atoms with Crippen molar-refractivity contribution in [3.8, 4) is 17.6 Å². The lowest BCUT2D eigenvalue weighted by Crippen LogP contribution is -1.96. The van der Waals surface area contributed by atoms with Gasteiger partial charge < -0.3 is 9.84 Å². The van der Waals surface area contributed by atoms with Gasteiger partial charge in [0.15, 0.2) is 0 Å². The van der Waals surface area contributed by atoms with Gasteiger partial charge >= 0.3 is 0 Å². The summed E-state index contributed by atoms with van der Waals surface area (Å²) in [5.41, 5.74) is 1.99. The third kappa shape index (κ3) is 4.06. The van der Waals surface area contributed by atoms with Crippen LogP contribution < -0.4 is 4.74 Å². The zero-order valence-electron chi connectivity index (χ0n) is 11.3. The van der Waals surface area contributed by atoms with Crippen LogP contribution in [0.1, 0.15) is 11.1 Å². The minimum atomic E-state index is -0.115. The molecule has 0 aromatic heterocycles. The Morgan fingerprint density at radius 2 is 1.85 bits per heavy atom. The summed E-state index contributed by atoms with van der Waals surface area (Å²) in [7, 11) is 0. The van der Waals surface area contributed by atoms with Crippen LogP contribution in [0, 0.1) is 11.8 Å². The molecule has 2 rings (SSSR count). The van der Waals surface area contributed by atoms with Crippen molar-refractivity contribution in [2.75, 3.05) is 12.9 Å². The molecule has 0 unspecified atom stereocenters. The van der Waals surface area contributed by atoms with Crippen molar-refractivity contribution in [2.45, 2.75) is 11.5 Å². The maximum atomic E-state index is 8.65. The van der Waals surface area contributed by atoms with E-state index in [1.165, 1.54) is 0 Å². The molecule has 3 heteroatoms. The van der Waals surface area contributed by atoms with Gasteiger partial charge in [0, 0.05) is 10.5 Å². The topological polar surface area (TPSA) is 29.5 Å². The van der Waals surface area contributed by atoms with Gasteiger partial charge in [-0.15, -0.1) is 11.8 Å². The molecule has 20 heavy (non-hydrogen) atoms. The molecule has 102 valence electrons. The molecule has 0 amide bonds. The second-order valence-corrected chi connectivity index (χ2v) is 4.94. The van der Waals surface area contributed by atoms with Gasteiger partial charge in [-0.3, -0.25) is 0 Å². The molecule has 0 aliphatic heterocycles. The number of thioether (sulfide) groups is 1. The molecule has 1 N–H and O–H groups in total. The number of hydrogen-bond donors (Lipinski definition) is 1. The maximum absolute atomic E-state index is 8.65. The van der Waals surface area contributed by atoms with Crippen LogP contribution in [0.25, 0.3) is 0 Å². The number of aliphatic hydroxyl groups is 1.